The van der Waals surface area contributed by atoms with Crippen LogP contribution >= 0.6 is 11.3 Å². The molecule has 5 nitrogen and oxygen atoms in total. The van der Waals surface area contributed by atoms with Gasteiger partial charge < -0.3 is 9.88 Å². The molecular formula is C17H18N4OS. The van der Waals surface area contributed by atoms with E-state index in [0.29, 0.717) is 13.0 Å². The molecule has 6 heteroatoms. The predicted molar refractivity (Wildman–Crippen MR) is 90.1 cm³/mol. The van der Waals surface area contributed by atoms with Gasteiger partial charge in [0, 0.05) is 42.6 Å². The fourth-order valence-electron chi connectivity index (χ4n) is 2.43. The first kappa shape index (κ1) is 15.4. The van der Waals surface area contributed by atoms with E-state index in [1.807, 2.05) is 47.3 Å². The van der Waals surface area contributed by atoms with E-state index in [1.165, 1.54) is 0 Å². The topological polar surface area (TPSA) is 59.8 Å². The first-order valence-electron chi connectivity index (χ1n) is 7.44. The number of hydrogen-bond donors (Lipinski definition) is 1. The largest absolute Gasteiger partial charge is 0.344 e. The number of nitrogens with zero attached hydrogens (tertiary/aromatic N) is 3. The van der Waals surface area contributed by atoms with Gasteiger partial charge in [-0.3, -0.25) is 9.78 Å². The van der Waals surface area contributed by atoms with E-state index < -0.39 is 0 Å². The third-order valence-corrected chi connectivity index (χ3v) is 4.61. The molecule has 0 aliphatic carbocycles. The first-order chi connectivity index (χ1) is 11.2. The molecule has 3 aromatic rings. The Balaban J connectivity index is 1.69. The number of aromatic nitrogens is 3. The Labute approximate surface area is 139 Å². The summed E-state index contributed by atoms with van der Waals surface area (Å²) >= 11 is 1.64. The van der Waals surface area contributed by atoms with Crippen LogP contribution in [0.25, 0.3) is 0 Å². The molecular weight excluding hydrogens is 308 g/mol. The van der Waals surface area contributed by atoms with Gasteiger partial charge in [0.2, 0.25) is 5.91 Å². The molecule has 118 valence electrons. The van der Waals surface area contributed by atoms with Gasteiger partial charge in [-0.1, -0.05) is 6.07 Å². The Bertz CT molecular complexity index is 752. The van der Waals surface area contributed by atoms with E-state index in [9.17, 15) is 4.79 Å². The number of rotatable bonds is 6. The van der Waals surface area contributed by atoms with Crippen LogP contribution in [0, 0.1) is 6.92 Å². The van der Waals surface area contributed by atoms with Gasteiger partial charge in [-0.15, -0.1) is 11.3 Å². The molecule has 0 saturated carbocycles. The van der Waals surface area contributed by atoms with Crippen molar-refractivity contribution in [3.63, 3.8) is 0 Å². The molecule has 0 aliphatic heterocycles. The molecule has 0 spiro atoms. The quantitative estimate of drug-likeness (QED) is 0.757. The van der Waals surface area contributed by atoms with Crippen molar-refractivity contribution < 1.29 is 4.79 Å². The number of hydrogen-bond acceptors (Lipinski definition) is 4. The normalized spacial score (nSPS) is 12.0. The molecule has 3 heterocycles. The smallest absolute Gasteiger partial charge is 0.222 e. The molecule has 0 bridgehead atoms. The molecule has 0 unspecified atom stereocenters. The summed E-state index contributed by atoms with van der Waals surface area (Å²) in [6, 6.07) is 7.77. The summed E-state index contributed by atoms with van der Waals surface area (Å²) in [5.41, 5.74) is 1.04. The fraction of sp³-hybridized carbons (Fsp3) is 0.235. The van der Waals surface area contributed by atoms with Crippen molar-refractivity contribution in [2.24, 2.45) is 0 Å². The molecule has 0 fully saturated rings. The van der Waals surface area contributed by atoms with Gasteiger partial charge in [0.15, 0.2) is 0 Å². The van der Waals surface area contributed by atoms with Crippen molar-refractivity contribution in [3.05, 3.63) is 70.7 Å². The van der Waals surface area contributed by atoms with Gasteiger partial charge in [-0.05, 0) is 36.1 Å². The SMILES string of the molecule is Cc1nccn1CCC(=O)N[C@@H](c1ccncc1)c1cccs1. The zero-order valence-electron chi connectivity index (χ0n) is 12.8. The third kappa shape index (κ3) is 3.84. The van der Waals surface area contributed by atoms with Crippen molar-refractivity contribution in [3.8, 4) is 0 Å². The van der Waals surface area contributed by atoms with Gasteiger partial charge in [0.05, 0.1) is 6.04 Å². The Hall–Kier alpha value is -2.47. The molecule has 0 saturated heterocycles. The molecule has 3 aromatic heterocycles. The van der Waals surface area contributed by atoms with Gasteiger partial charge in [-0.2, -0.15) is 0 Å². The lowest BCUT2D eigenvalue weighted by molar-refractivity contribution is -0.121. The highest BCUT2D eigenvalue weighted by molar-refractivity contribution is 7.10. The van der Waals surface area contributed by atoms with Gasteiger partial charge in [0.25, 0.3) is 0 Å². The van der Waals surface area contributed by atoms with Crippen molar-refractivity contribution in [2.45, 2.75) is 25.9 Å². The Kier molecular flexibility index (Phi) is 4.83. The standard InChI is InChI=1S/C17H18N4OS/c1-13-19-9-11-21(13)10-6-16(22)20-17(15-3-2-12-23-15)14-4-7-18-8-5-14/h2-5,7-9,11-12,17H,6,10H2,1H3,(H,20,22)/t17-/m0/s1. The zero-order valence-corrected chi connectivity index (χ0v) is 13.7. The van der Waals surface area contributed by atoms with E-state index in [4.69, 9.17) is 0 Å². The van der Waals surface area contributed by atoms with Gasteiger partial charge in [-0.25, -0.2) is 4.98 Å². The molecule has 3 rings (SSSR count). The predicted octanol–water partition coefficient (Wildman–Crippen LogP) is 2.94. The summed E-state index contributed by atoms with van der Waals surface area (Å²) in [6.45, 7) is 2.56. The maximum atomic E-state index is 12.4. The Morgan fingerprint density at radius 3 is 2.78 bits per heavy atom. The van der Waals surface area contributed by atoms with Crippen LogP contribution in [-0.2, 0) is 11.3 Å². The summed E-state index contributed by atoms with van der Waals surface area (Å²) in [4.78, 5) is 21.7. The summed E-state index contributed by atoms with van der Waals surface area (Å²) < 4.78 is 1.98. The molecule has 23 heavy (non-hydrogen) atoms. The first-order valence-corrected chi connectivity index (χ1v) is 8.32. The van der Waals surface area contributed by atoms with Crippen molar-refractivity contribution in [2.75, 3.05) is 0 Å². The number of pyridine rings is 1. The Morgan fingerprint density at radius 2 is 2.13 bits per heavy atom. The second kappa shape index (κ2) is 7.19. The van der Waals surface area contributed by atoms with E-state index >= 15 is 0 Å². The highest BCUT2D eigenvalue weighted by Gasteiger charge is 2.17. The highest BCUT2D eigenvalue weighted by atomic mass is 32.1. The lowest BCUT2D eigenvalue weighted by atomic mass is 10.1. The van der Waals surface area contributed by atoms with Gasteiger partial charge >= 0.3 is 0 Å². The number of amides is 1. The maximum Gasteiger partial charge on any atom is 0.222 e. The number of imidazole rings is 1. The number of nitrogens with one attached hydrogen (secondary N) is 1. The average molecular weight is 326 g/mol. The van der Waals surface area contributed by atoms with Crippen LogP contribution in [0.2, 0.25) is 0 Å². The number of aryl methyl sites for hydroxylation is 2. The average Bonchev–Trinajstić information content (AvgIpc) is 3.23. The van der Waals surface area contributed by atoms with Crippen LogP contribution in [0.15, 0.2) is 54.4 Å². The Morgan fingerprint density at radius 1 is 1.30 bits per heavy atom. The van der Waals surface area contributed by atoms with Crippen LogP contribution in [0.3, 0.4) is 0 Å². The second-order valence-corrected chi connectivity index (χ2v) is 6.19. The second-order valence-electron chi connectivity index (χ2n) is 5.21. The van der Waals surface area contributed by atoms with E-state index in [1.54, 1.807) is 29.9 Å². The number of thiophene rings is 1. The zero-order chi connectivity index (χ0) is 16.1. The number of carbonyl (C=O) groups is 1. The molecule has 1 N–H and O–H groups in total. The summed E-state index contributed by atoms with van der Waals surface area (Å²) in [7, 11) is 0. The minimum Gasteiger partial charge on any atom is -0.344 e. The lowest BCUT2D eigenvalue weighted by Gasteiger charge is -2.18. The maximum absolute atomic E-state index is 12.4. The molecule has 1 atom stereocenters. The van der Waals surface area contributed by atoms with Crippen LogP contribution in [-0.4, -0.2) is 20.4 Å². The van der Waals surface area contributed by atoms with Gasteiger partial charge in [0.1, 0.15) is 5.82 Å². The lowest BCUT2D eigenvalue weighted by Crippen LogP contribution is -2.29. The minimum atomic E-state index is -0.130. The summed E-state index contributed by atoms with van der Waals surface area (Å²) in [5, 5.41) is 5.15. The minimum absolute atomic E-state index is 0.0216. The van der Waals surface area contributed by atoms with Crippen LogP contribution in [0.5, 0.6) is 0 Å². The fourth-order valence-corrected chi connectivity index (χ4v) is 3.23. The molecule has 0 radical (unpaired) electrons. The van der Waals surface area contributed by atoms with Crippen molar-refractivity contribution >= 4 is 17.2 Å². The molecule has 0 aliphatic rings. The summed E-state index contributed by atoms with van der Waals surface area (Å²) in [5.74, 6) is 0.940. The van der Waals surface area contributed by atoms with Crippen molar-refractivity contribution in [1.29, 1.82) is 0 Å². The molecule has 0 aromatic carbocycles. The number of carbonyl (C=O) groups excluding carboxylic acids is 1. The highest BCUT2D eigenvalue weighted by Crippen LogP contribution is 2.25. The third-order valence-electron chi connectivity index (χ3n) is 3.68. The van der Waals surface area contributed by atoms with Crippen molar-refractivity contribution in [1.82, 2.24) is 19.9 Å². The van der Waals surface area contributed by atoms with E-state index in [2.05, 4.69) is 15.3 Å². The van der Waals surface area contributed by atoms with E-state index in [-0.39, 0.29) is 11.9 Å². The monoisotopic (exact) mass is 326 g/mol. The van der Waals surface area contributed by atoms with Crippen LogP contribution in [0.4, 0.5) is 0 Å². The summed E-state index contributed by atoms with van der Waals surface area (Å²) in [6.07, 6.45) is 7.55. The van der Waals surface area contributed by atoms with Crippen LogP contribution in [0.1, 0.15) is 28.7 Å². The molecule has 1 amide bonds. The van der Waals surface area contributed by atoms with E-state index in [0.717, 1.165) is 16.3 Å². The van der Waals surface area contributed by atoms with Crippen LogP contribution < -0.4 is 5.32 Å².